The van der Waals surface area contributed by atoms with Crippen molar-refractivity contribution in [1.82, 2.24) is 5.32 Å². The van der Waals surface area contributed by atoms with Crippen molar-refractivity contribution in [2.75, 3.05) is 13.2 Å². The van der Waals surface area contributed by atoms with Gasteiger partial charge in [0.25, 0.3) is 0 Å². The monoisotopic (exact) mass is 199 g/mol. The number of hydrogen-bond donors (Lipinski definition) is 2. The van der Waals surface area contributed by atoms with Gasteiger partial charge in [0, 0.05) is 19.6 Å². The minimum absolute atomic E-state index is 0.131. The zero-order valence-corrected chi connectivity index (χ0v) is 8.96. The summed E-state index contributed by atoms with van der Waals surface area (Å²) < 4.78 is 0. The number of nitrogens with one attached hydrogen (secondary N) is 1. The molecule has 0 radical (unpaired) electrons. The van der Waals surface area contributed by atoms with Crippen molar-refractivity contribution in [1.29, 1.82) is 0 Å². The third-order valence-electron chi connectivity index (χ3n) is 2.86. The lowest BCUT2D eigenvalue weighted by Crippen LogP contribution is -2.28. The summed E-state index contributed by atoms with van der Waals surface area (Å²) in [5.41, 5.74) is 0. The topological polar surface area (TPSA) is 49.3 Å². The van der Waals surface area contributed by atoms with Crippen LogP contribution in [0.25, 0.3) is 0 Å². The molecule has 0 spiro atoms. The largest absolute Gasteiger partial charge is 0.396 e. The van der Waals surface area contributed by atoms with Gasteiger partial charge in [-0.15, -0.1) is 0 Å². The van der Waals surface area contributed by atoms with Crippen LogP contribution in [0.5, 0.6) is 0 Å². The van der Waals surface area contributed by atoms with Gasteiger partial charge in [-0.2, -0.15) is 0 Å². The van der Waals surface area contributed by atoms with Crippen molar-refractivity contribution < 1.29 is 9.90 Å². The molecule has 3 nitrogen and oxygen atoms in total. The highest BCUT2D eigenvalue weighted by Gasteiger charge is 2.27. The molecule has 1 atom stereocenters. The normalized spacial score (nSPS) is 17.9. The number of aliphatic hydroxyl groups is 1. The lowest BCUT2D eigenvalue weighted by molar-refractivity contribution is -0.121. The van der Waals surface area contributed by atoms with Crippen LogP contribution in [0.4, 0.5) is 0 Å². The first-order valence-electron chi connectivity index (χ1n) is 5.61. The zero-order chi connectivity index (χ0) is 10.4. The van der Waals surface area contributed by atoms with Crippen molar-refractivity contribution >= 4 is 5.91 Å². The van der Waals surface area contributed by atoms with E-state index in [-0.39, 0.29) is 12.5 Å². The Morgan fingerprint density at radius 2 is 2.21 bits per heavy atom. The second kappa shape index (κ2) is 6.02. The van der Waals surface area contributed by atoms with E-state index in [2.05, 4.69) is 12.2 Å². The van der Waals surface area contributed by atoms with Gasteiger partial charge < -0.3 is 10.4 Å². The number of aliphatic hydroxyl groups excluding tert-OH is 1. The fourth-order valence-electron chi connectivity index (χ4n) is 1.59. The molecule has 82 valence electrons. The van der Waals surface area contributed by atoms with E-state index in [9.17, 15) is 4.79 Å². The molecular formula is C11H21NO2. The zero-order valence-electron chi connectivity index (χ0n) is 8.96. The van der Waals surface area contributed by atoms with Crippen LogP contribution in [-0.4, -0.2) is 24.2 Å². The lowest BCUT2D eigenvalue weighted by Gasteiger charge is -2.10. The lowest BCUT2D eigenvalue weighted by atomic mass is 10.1. The quantitative estimate of drug-likeness (QED) is 0.607. The minimum Gasteiger partial charge on any atom is -0.396 e. The molecular weight excluding hydrogens is 178 g/mol. The second-order valence-corrected chi connectivity index (χ2v) is 4.30. The molecule has 1 fully saturated rings. The Morgan fingerprint density at radius 1 is 1.50 bits per heavy atom. The Morgan fingerprint density at radius 3 is 2.79 bits per heavy atom. The maximum absolute atomic E-state index is 11.3. The molecule has 1 saturated carbocycles. The molecule has 2 N–H and O–H groups in total. The smallest absolute Gasteiger partial charge is 0.220 e. The molecule has 1 unspecified atom stereocenters. The van der Waals surface area contributed by atoms with E-state index in [1.165, 1.54) is 12.8 Å². The number of rotatable bonds is 7. The third-order valence-corrected chi connectivity index (χ3v) is 2.86. The first-order chi connectivity index (χ1) is 6.74. The number of amides is 1. The molecule has 1 amide bonds. The van der Waals surface area contributed by atoms with E-state index < -0.39 is 0 Å². The Hall–Kier alpha value is -0.570. The predicted octanol–water partition coefficient (Wildman–Crippen LogP) is 1.31. The summed E-state index contributed by atoms with van der Waals surface area (Å²) in [4.78, 5) is 11.3. The molecule has 1 rings (SSSR count). The summed E-state index contributed by atoms with van der Waals surface area (Å²) in [7, 11) is 0. The van der Waals surface area contributed by atoms with Crippen LogP contribution in [0.3, 0.4) is 0 Å². The molecule has 0 aromatic heterocycles. The van der Waals surface area contributed by atoms with E-state index >= 15 is 0 Å². The van der Waals surface area contributed by atoms with Crippen LogP contribution in [0, 0.1) is 11.8 Å². The van der Waals surface area contributed by atoms with Crippen LogP contribution >= 0.6 is 0 Å². The Kier molecular flexibility index (Phi) is 4.94. The van der Waals surface area contributed by atoms with Crippen LogP contribution in [0.1, 0.15) is 39.0 Å². The SMILES string of the molecule is CC(CNC(=O)CCCCO)C1CC1. The van der Waals surface area contributed by atoms with E-state index in [1.54, 1.807) is 0 Å². The first kappa shape index (κ1) is 11.5. The molecule has 0 aromatic rings. The Bertz CT molecular complexity index is 178. The minimum atomic E-state index is 0.131. The molecule has 0 aromatic carbocycles. The molecule has 1 aliphatic rings. The van der Waals surface area contributed by atoms with E-state index in [1.807, 2.05) is 0 Å². The molecule has 1 aliphatic carbocycles. The highest BCUT2D eigenvalue weighted by molar-refractivity contribution is 5.75. The number of carbonyl (C=O) groups is 1. The van der Waals surface area contributed by atoms with Gasteiger partial charge in [0.1, 0.15) is 0 Å². The van der Waals surface area contributed by atoms with Crippen molar-refractivity contribution in [2.24, 2.45) is 11.8 Å². The van der Waals surface area contributed by atoms with Gasteiger partial charge in [0.15, 0.2) is 0 Å². The van der Waals surface area contributed by atoms with Gasteiger partial charge in [-0.25, -0.2) is 0 Å². The highest BCUT2D eigenvalue weighted by Crippen LogP contribution is 2.35. The van der Waals surface area contributed by atoms with Crippen molar-refractivity contribution in [3.05, 3.63) is 0 Å². The fraction of sp³-hybridized carbons (Fsp3) is 0.909. The number of unbranched alkanes of at least 4 members (excludes halogenated alkanes) is 1. The van der Waals surface area contributed by atoms with Crippen LogP contribution in [0.15, 0.2) is 0 Å². The number of carbonyl (C=O) groups excluding carboxylic acids is 1. The van der Waals surface area contributed by atoms with Gasteiger partial charge >= 0.3 is 0 Å². The molecule has 0 bridgehead atoms. The van der Waals surface area contributed by atoms with Crippen LogP contribution < -0.4 is 5.32 Å². The van der Waals surface area contributed by atoms with Crippen LogP contribution in [-0.2, 0) is 4.79 Å². The predicted molar refractivity (Wildman–Crippen MR) is 55.8 cm³/mol. The summed E-state index contributed by atoms with van der Waals surface area (Å²) in [5, 5.41) is 11.5. The maximum atomic E-state index is 11.3. The average molecular weight is 199 g/mol. The molecule has 14 heavy (non-hydrogen) atoms. The van der Waals surface area contributed by atoms with Gasteiger partial charge in [0.2, 0.25) is 5.91 Å². The second-order valence-electron chi connectivity index (χ2n) is 4.30. The van der Waals surface area contributed by atoms with Gasteiger partial charge in [-0.1, -0.05) is 6.92 Å². The first-order valence-corrected chi connectivity index (χ1v) is 5.61. The van der Waals surface area contributed by atoms with Crippen LogP contribution in [0.2, 0.25) is 0 Å². The summed E-state index contributed by atoms with van der Waals surface area (Å²) in [6.45, 7) is 3.21. The number of hydrogen-bond acceptors (Lipinski definition) is 2. The van der Waals surface area contributed by atoms with Crippen molar-refractivity contribution in [3.8, 4) is 0 Å². The summed E-state index contributed by atoms with van der Waals surface area (Å²) >= 11 is 0. The molecule has 0 saturated heterocycles. The Balaban J connectivity index is 1.96. The molecule has 3 heteroatoms. The maximum Gasteiger partial charge on any atom is 0.220 e. The summed E-state index contributed by atoms with van der Waals surface area (Å²) in [6.07, 6.45) is 4.74. The standard InChI is InChI=1S/C11H21NO2/c1-9(10-5-6-10)8-12-11(14)4-2-3-7-13/h9-10,13H,2-8H2,1H3,(H,12,14). The van der Waals surface area contributed by atoms with Gasteiger partial charge in [-0.3, -0.25) is 4.79 Å². The Labute approximate surface area is 85.9 Å². The van der Waals surface area contributed by atoms with Gasteiger partial charge in [-0.05, 0) is 37.5 Å². The average Bonchev–Trinajstić information content (AvgIpc) is 2.98. The molecule has 0 heterocycles. The van der Waals surface area contributed by atoms with Crippen molar-refractivity contribution in [3.63, 3.8) is 0 Å². The van der Waals surface area contributed by atoms with E-state index in [0.29, 0.717) is 12.3 Å². The van der Waals surface area contributed by atoms with Crippen molar-refractivity contribution in [2.45, 2.75) is 39.0 Å². The van der Waals surface area contributed by atoms with E-state index in [4.69, 9.17) is 5.11 Å². The third kappa shape index (κ3) is 4.61. The van der Waals surface area contributed by atoms with Gasteiger partial charge in [0.05, 0.1) is 0 Å². The fourth-order valence-corrected chi connectivity index (χ4v) is 1.59. The van der Waals surface area contributed by atoms with E-state index in [0.717, 1.165) is 25.3 Å². The molecule has 0 aliphatic heterocycles. The summed E-state index contributed by atoms with van der Waals surface area (Å²) in [5.74, 6) is 1.62. The summed E-state index contributed by atoms with van der Waals surface area (Å²) in [6, 6.07) is 0. The highest BCUT2D eigenvalue weighted by atomic mass is 16.2.